The van der Waals surface area contributed by atoms with E-state index < -0.39 is 5.41 Å². The summed E-state index contributed by atoms with van der Waals surface area (Å²) in [5.41, 5.74) is 0.996. The third-order valence-corrected chi connectivity index (χ3v) is 6.02. The maximum absolute atomic E-state index is 12.8. The van der Waals surface area contributed by atoms with Gasteiger partial charge in [0, 0.05) is 12.6 Å². The highest BCUT2D eigenvalue weighted by atomic mass is 16.2. The molecule has 5 nitrogen and oxygen atoms in total. The number of hydrogen-bond donors (Lipinski definition) is 1. The van der Waals surface area contributed by atoms with E-state index in [0.717, 1.165) is 24.2 Å². The Labute approximate surface area is 143 Å². The molecule has 3 heterocycles. The highest BCUT2D eigenvalue weighted by Gasteiger charge is 2.46. The van der Waals surface area contributed by atoms with Gasteiger partial charge in [-0.1, -0.05) is 18.2 Å². The minimum Gasteiger partial charge on any atom is -0.337 e. The monoisotopic (exact) mass is 327 g/mol. The Balaban J connectivity index is 1.48. The maximum atomic E-state index is 12.8. The lowest BCUT2D eigenvalue weighted by atomic mass is 9.86. The molecule has 2 fully saturated rings. The Morgan fingerprint density at radius 1 is 1.25 bits per heavy atom. The zero-order chi connectivity index (χ0) is 16.9. The van der Waals surface area contributed by atoms with Crippen molar-refractivity contribution >= 4 is 17.6 Å². The van der Waals surface area contributed by atoms with Gasteiger partial charge in [0.15, 0.2) is 0 Å². The average molecular weight is 327 g/mol. The Bertz CT molecular complexity index is 685. The van der Waals surface area contributed by atoms with Crippen molar-refractivity contribution in [1.82, 2.24) is 10.2 Å². The zero-order valence-corrected chi connectivity index (χ0v) is 14.4. The van der Waals surface area contributed by atoms with Gasteiger partial charge in [-0.05, 0) is 63.7 Å². The van der Waals surface area contributed by atoms with E-state index in [1.54, 1.807) is 0 Å². The molecule has 2 atom stereocenters. The molecule has 0 aromatic heterocycles. The van der Waals surface area contributed by atoms with Crippen LogP contribution < -0.4 is 10.2 Å². The van der Waals surface area contributed by atoms with Crippen LogP contribution in [-0.4, -0.2) is 42.5 Å². The van der Waals surface area contributed by atoms with Crippen LogP contribution in [0.5, 0.6) is 0 Å². The molecule has 3 amide bonds. The van der Waals surface area contributed by atoms with Gasteiger partial charge in [0.2, 0.25) is 5.91 Å². The molecule has 0 radical (unpaired) electrons. The molecule has 1 aromatic carbocycles. The van der Waals surface area contributed by atoms with Crippen LogP contribution in [0.3, 0.4) is 0 Å². The normalized spacial score (nSPS) is 28.1. The predicted octanol–water partition coefficient (Wildman–Crippen LogP) is 2.50. The maximum Gasteiger partial charge on any atom is 0.328 e. The first-order chi connectivity index (χ1) is 11.5. The topological polar surface area (TPSA) is 52.7 Å². The van der Waals surface area contributed by atoms with E-state index in [2.05, 4.69) is 10.2 Å². The van der Waals surface area contributed by atoms with Gasteiger partial charge in [-0.25, -0.2) is 9.69 Å². The minimum absolute atomic E-state index is 0.143. The van der Waals surface area contributed by atoms with E-state index in [4.69, 9.17) is 0 Å². The molecular weight excluding hydrogens is 302 g/mol. The predicted molar refractivity (Wildman–Crippen MR) is 93.1 cm³/mol. The molecule has 0 aliphatic carbocycles. The first-order valence-electron chi connectivity index (χ1n) is 8.96. The number of nitrogens with one attached hydrogen (secondary N) is 1. The van der Waals surface area contributed by atoms with E-state index >= 15 is 0 Å². The van der Waals surface area contributed by atoms with Gasteiger partial charge in [0.25, 0.3) is 0 Å². The first-order valence-corrected chi connectivity index (χ1v) is 8.96. The summed E-state index contributed by atoms with van der Waals surface area (Å²) in [5.74, 6) is 0.368. The quantitative estimate of drug-likeness (QED) is 0.908. The van der Waals surface area contributed by atoms with Gasteiger partial charge in [0.05, 0.1) is 11.1 Å². The standard InChI is InChI=1S/C19H25N3O2/c1-19(2)14-6-3-4-7-16(14)22(17(19)23)18(24)20-12-13-9-11-21-10-5-8-15(13)21/h3-4,6-7,13,15H,5,8-12H2,1-2H3,(H,20,24). The van der Waals surface area contributed by atoms with Crippen LogP contribution in [0.25, 0.3) is 0 Å². The summed E-state index contributed by atoms with van der Waals surface area (Å²) in [5, 5.41) is 3.03. The summed E-state index contributed by atoms with van der Waals surface area (Å²) >= 11 is 0. The molecule has 0 bridgehead atoms. The number of rotatable bonds is 2. The summed E-state index contributed by atoms with van der Waals surface area (Å²) in [4.78, 5) is 29.4. The molecule has 1 aromatic rings. The fraction of sp³-hybridized carbons (Fsp3) is 0.579. The van der Waals surface area contributed by atoms with E-state index in [1.165, 1.54) is 24.3 Å². The van der Waals surface area contributed by atoms with Crippen molar-refractivity contribution in [2.24, 2.45) is 5.92 Å². The number of imide groups is 1. The van der Waals surface area contributed by atoms with Crippen LogP contribution in [0.4, 0.5) is 10.5 Å². The Kier molecular flexibility index (Phi) is 3.64. The third kappa shape index (κ3) is 2.25. The van der Waals surface area contributed by atoms with E-state index in [1.807, 2.05) is 38.1 Å². The number of urea groups is 1. The third-order valence-electron chi connectivity index (χ3n) is 6.02. The zero-order valence-electron chi connectivity index (χ0n) is 14.4. The summed E-state index contributed by atoms with van der Waals surface area (Å²) in [6.07, 6.45) is 3.64. The SMILES string of the molecule is CC1(C)C(=O)N(C(=O)NCC2CCN3CCCC23)c2ccccc21. The Morgan fingerprint density at radius 3 is 2.88 bits per heavy atom. The number of nitrogens with zero attached hydrogens (tertiary/aromatic N) is 2. The van der Waals surface area contributed by atoms with Gasteiger partial charge in [-0.2, -0.15) is 0 Å². The van der Waals surface area contributed by atoms with Gasteiger partial charge in [-0.3, -0.25) is 4.79 Å². The molecule has 3 aliphatic heterocycles. The molecular formula is C19H25N3O2. The van der Waals surface area contributed by atoms with Gasteiger partial charge < -0.3 is 10.2 Å². The molecule has 3 aliphatic rings. The highest BCUT2D eigenvalue weighted by molar-refractivity contribution is 6.22. The molecule has 2 unspecified atom stereocenters. The van der Waals surface area contributed by atoms with Crippen LogP contribution in [0.1, 0.15) is 38.7 Å². The van der Waals surface area contributed by atoms with Crippen molar-refractivity contribution in [3.05, 3.63) is 29.8 Å². The Hall–Kier alpha value is -1.88. The van der Waals surface area contributed by atoms with Crippen LogP contribution >= 0.6 is 0 Å². The number of anilines is 1. The molecule has 24 heavy (non-hydrogen) atoms. The van der Waals surface area contributed by atoms with Crippen LogP contribution in [0.15, 0.2) is 24.3 Å². The molecule has 1 N–H and O–H groups in total. The number of carbonyl (C=O) groups is 2. The lowest BCUT2D eigenvalue weighted by Crippen LogP contribution is -2.47. The summed E-state index contributed by atoms with van der Waals surface area (Å²) in [6.45, 7) is 6.76. The largest absolute Gasteiger partial charge is 0.337 e. The number of carbonyl (C=O) groups excluding carboxylic acids is 2. The summed E-state index contributed by atoms with van der Waals surface area (Å²) < 4.78 is 0. The fourth-order valence-electron chi connectivity index (χ4n) is 4.63. The summed E-state index contributed by atoms with van der Waals surface area (Å²) in [7, 11) is 0. The molecule has 2 saturated heterocycles. The molecule has 0 spiro atoms. The van der Waals surface area contributed by atoms with Crippen molar-refractivity contribution in [3.8, 4) is 0 Å². The average Bonchev–Trinajstić information content (AvgIpc) is 3.21. The molecule has 128 valence electrons. The van der Waals surface area contributed by atoms with Crippen LogP contribution in [0, 0.1) is 5.92 Å². The second-order valence-corrected chi connectivity index (χ2v) is 7.76. The van der Waals surface area contributed by atoms with Crippen LogP contribution in [-0.2, 0) is 10.2 Å². The second kappa shape index (κ2) is 5.59. The van der Waals surface area contributed by atoms with Crippen molar-refractivity contribution in [3.63, 3.8) is 0 Å². The van der Waals surface area contributed by atoms with Gasteiger partial charge >= 0.3 is 6.03 Å². The minimum atomic E-state index is -0.649. The number of benzene rings is 1. The second-order valence-electron chi connectivity index (χ2n) is 7.76. The summed E-state index contributed by atoms with van der Waals surface area (Å²) in [6, 6.07) is 7.92. The van der Waals surface area contributed by atoms with Gasteiger partial charge in [0.1, 0.15) is 0 Å². The van der Waals surface area contributed by atoms with E-state index in [-0.39, 0.29) is 11.9 Å². The van der Waals surface area contributed by atoms with Gasteiger partial charge in [-0.15, -0.1) is 0 Å². The number of hydrogen-bond acceptors (Lipinski definition) is 3. The highest BCUT2D eigenvalue weighted by Crippen LogP contribution is 2.41. The number of fused-ring (bicyclic) bond motifs is 2. The van der Waals surface area contributed by atoms with Crippen molar-refractivity contribution in [1.29, 1.82) is 0 Å². The molecule has 0 saturated carbocycles. The lowest BCUT2D eigenvalue weighted by Gasteiger charge is -2.23. The molecule has 4 rings (SSSR count). The van der Waals surface area contributed by atoms with Crippen molar-refractivity contribution in [2.75, 3.05) is 24.5 Å². The smallest absolute Gasteiger partial charge is 0.328 e. The van der Waals surface area contributed by atoms with Crippen molar-refractivity contribution < 1.29 is 9.59 Å². The van der Waals surface area contributed by atoms with E-state index in [9.17, 15) is 9.59 Å². The molecule has 5 heteroatoms. The van der Waals surface area contributed by atoms with Crippen LogP contribution in [0.2, 0.25) is 0 Å². The van der Waals surface area contributed by atoms with Crippen molar-refractivity contribution in [2.45, 2.75) is 44.6 Å². The first kappa shape index (κ1) is 15.6. The lowest BCUT2D eigenvalue weighted by molar-refractivity contribution is -0.121. The number of para-hydroxylation sites is 1. The Morgan fingerprint density at radius 2 is 2.04 bits per heavy atom. The number of amides is 3. The fourth-order valence-corrected chi connectivity index (χ4v) is 4.63. The van der Waals surface area contributed by atoms with E-state index in [0.29, 0.717) is 18.5 Å².